The van der Waals surface area contributed by atoms with E-state index in [4.69, 9.17) is 14.4 Å². The second-order valence-electron chi connectivity index (χ2n) is 10.3. The summed E-state index contributed by atoms with van der Waals surface area (Å²) in [6, 6.07) is 7.64. The summed E-state index contributed by atoms with van der Waals surface area (Å²) in [5.41, 5.74) is 0.411. The molecule has 0 radical (unpaired) electrons. The Morgan fingerprint density at radius 3 is 2.37 bits per heavy atom. The minimum atomic E-state index is -1.29. The van der Waals surface area contributed by atoms with Crippen molar-refractivity contribution in [2.75, 3.05) is 13.7 Å². The van der Waals surface area contributed by atoms with Gasteiger partial charge in [0.2, 0.25) is 5.91 Å². The largest absolute Gasteiger partial charge is 0.497 e. The molecule has 2 heterocycles. The monoisotopic (exact) mass is 526 g/mol. The Labute approximate surface area is 218 Å². The van der Waals surface area contributed by atoms with Crippen LogP contribution < -0.4 is 4.74 Å². The Morgan fingerprint density at radius 1 is 1.11 bits per heavy atom. The summed E-state index contributed by atoms with van der Waals surface area (Å²) in [6.45, 7) is 5.29. The molecule has 0 saturated carbocycles. The van der Waals surface area contributed by atoms with Gasteiger partial charge in [-0.05, 0) is 52.8 Å². The van der Waals surface area contributed by atoms with Crippen molar-refractivity contribution in [2.45, 2.75) is 51.5 Å². The molecular weight excluding hydrogens is 498 g/mol. The molecule has 1 aliphatic rings. The van der Waals surface area contributed by atoms with Crippen molar-refractivity contribution in [1.82, 2.24) is 10.1 Å². The van der Waals surface area contributed by atoms with Gasteiger partial charge in [-0.15, -0.1) is 0 Å². The zero-order chi connectivity index (χ0) is 27.8. The van der Waals surface area contributed by atoms with Gasteiger partial charge in [0.25, 0.3) is 0 Å². The fourth-order valence-electron chi connectivity index (χ4n) is 4.84. The second kappa shape index (κ2) is 10.4. The molecule has 0 bridgehead atoms. The van der Waals surface area contributed by atoms with Gasteiger partial charge in [-0.1, -0.05) is 32.0 Å². The first kappa shape index (κ1) is 27.0. The van der Waals surface area contributed by atoms with E-state index in [0.29, 0.717) is 17.7 Å². The van der Waals surface area contributed by atoms with Crippen LogP contribution in [0.25, 0.3) is 0 Å². The van der Waals surface area contributed by atoms with Crippen LogP contribution in [-0.4, -0.2) is 46.5 Å². The van der Waals surface area contributed by atoms with Crippen molar-refractivity contribution >= 4 is 17.7 Å². The van der Waals surface area contributed by atoms with Gasteiger partial charge in [0.15, 0.2) is 11.5 Å². The minimum absolute atomic E-state index is 0.0426. The summed E-state index contributed by atoms with van der Waals surface area (Å²) in [5.74, 6) is -3.02. The van der Waals surface area contributed by atoms with Crippen LogP contribution in [0.3, 0.4) is 0 Å². The van der Waals surface area contributed by atoms with E-state index in [1.807, 2.05) is 0 Å². The quantitative estimate of drug-likeness (QED) is 0.485. The van der Waals surface area contributed by atoms with Crippen LogP contribution in [0.15, 0.2) is 40.9 Å². The molecule has 1 atom stereocenters. The number of rotatable bonds is 7. The third-order valence-corrected chi connectivity index (χ3v) is 6.54. The summed E-state index contributed by atoms with van der Waals surface area (Å²) >= 11 is 0. The highest BCUT2D eigenvalue weighted by atomic mass is 19.1. The van der Waals surface area contributed by atoms with Crippen LogP contribution >= 0.6 is 0 Å². The number of ketones is 1. The number of aromatic nitrogens is 1. The van der Waals surface area contributed by atoms with E-state index in [2.05, 4.69) is 5.16 Å². The van der Waals surface area contributed by atoms with Gasteiger partial charge in [-0.2, -0.15) is 0 Å². The lowest BCUT2D eigenvalue weighted by atomic mass is 9.84. The van der Waals surface area contributed by atoms with E-state index in [9.17, 15) is 23.2 Å². The maximum Gasteiger partial charge on any atom is 0.358 e. The van der Waals surface area contributed by atoms with Crippen LogP contribution in [0.2, 0.25) is 0 Å². The predicted molar refractivity (Wildman–Crippen MR) is 132 cm³/mol. The summed E-state index contributed by atoms with van der Waals surface area (Å²) in [4.78, 5) is 39.5. The molecule has 38 heavy (non-hydrogen) atoms. The van der Waals surface area contributed by atoms with E-state index in [1.54, 1.807) is 39.0 Å². The number of benzene rings is 2. The number of ether oxygens (including phenoxy) is 1. The number of carboxylic acids is 1. The molecule has 0 spiro atoms. The highest BCUT2D eigenvalue weighted by Crippen LogP contribution is 2.35. The number of carbonyl (C=O) groups is 3. The molecule has 0 aliphatic carbocycles. The maximum absolute atomic E-state index is 14.8. The van der Waals surface area contributed by atoms with E-state index >= 15 is 0 Å². The predicted octanol–water partition coefficient (Wildman–Crippen LogP) is 4.44. The summed E-state index contributed by atoms with van der Waals surface area (Å²) < 4.78 is 40.0. The Hall–Kier alpha value is -4.08. The molecular formula is C28H28F2N2O6. The number of fused-ring (bicyclic) bond motifs is 1. The topological polar surface area (TPSA) is 110 Å². The van der Waals surface area contributed by atoms with Crippen LogP contribution in [0, 0.1) is 11.6 Å². The van der Waals surface area contributed by atoms with Gasteiger partial charge < -0.3 is 19.3 Å². The molecule has 0 saturated heterocycles. The van der Waals surface area contributed by atoms with E-state index in [-0.39, 0.29) is 42.0 Å². The van der Waals surface area contributed by atoms with Crippen LogP contribution in [0.4, 0.5) is 8.78 Å². The fraction of sp³-hybridized carbons (Fsp3) is 0.357. The van der Waals surface area contributed by atoms with Crippen molar-refractivity contribution in [2.24, 2.45) is 0 Å². The molecule has 8 nitrogen and oxygen atoms in total. The van der Waals surface area contributed by atoms with Crippen molar-refractivity contribution in [1.29, 1.82) is 0 Å². The average Bonchev–Trinajstić information content (AvgIpc) is 3.30. The standard InChI is InChI=1S/C28H28F2N2O6/c1-28(2,3)25-20(29)9-15(10-21(25)30)11-23(33)26-19-6-5-17(37-4)12-16(19)7-8-32(26)24(34)14-18-13-22(27(35)36)31-38-18/h5-6,9-10,12-13,26H,7-8,11,14H2,1-4H3,(H,35,36)/t26-/m1/s1. The van der Waals surface area contributed by atoms with Crippen molar-refractivity contribution in [3.8, 4) is 5.75 Å². The first-order chi connectivity index (χ1) is 17.9. The molecule has 0 fully saturated rings. The molecule has 0 unspecified atom stereocenters. The fourth-order valence-corrected chi connectivity index (χ4v) is 4.84. The zero-order valence-electron chi connectivity index (χ0n) is 21.5. The van der Waals surface area contributed by atoms with Gasteiger partial charge in [0.1, 0.15) is 29.2 Å². The van der Waals surface area contributed by atoms with Crippen LogP contribution in [-0.2, 0) is 34.3 Å². The van der Waals surface area contributed by atoms with Gasteiger partial charge in [-0.3, -0.25) is 9.59 Å². The molecule has 10 heteroatoms. The lowest BCUT2D eigenvalue weighted by molar-refractivity contribution is -0.140. The Balaban J connectivity index is 1.66. The first-order valence-electron chi connectivity index (χ1n) is 12.0. The number of halogens is 2. The molecule has 1 amide bonds. The number of hydrogen-bond acceptors (Lipinski definition) is 6. The minimum Gasteiger partial charge on any atom is -0.497 e. The molecule has 4 rings (SSSR count). The number of amides is 1. The second-order valence-corrected chi connectivity index (χ2v) is 10.3. The van der Waals surface area contributed by atoms with Gasteiger partial charge in [-0.25, -0.2) is 13.6 Å². The SMILES string of the molecule is COc1ccc2c(c1)CCN(C(=O)Cc1cc(C(=O)O)no1)[C@H]2C(=O)Cc1cc(F)c(C(C)(C)C)c(F)c1. The van der Waals surface area contributed by atoms with E-state index in [0.717, 1.165) is 23.8 Å². The number of aromatic carboxylic acids is 1. The highest BCUT2D eigenvalue weighted by molar-refractivity contribution is 5.93. The molecule has 200 valence electrons. The third kappa shape index (κ3) is 5.44. The number of methoxy groups -OCH3 is 1. The Morgan fingerprint density at radius 2 is 1.79 bits per heavy atom. The first-order valence-corrected chi connectivity index (χ1v) is 12.0. The lowest BCUT2D eigenvalue weighted by Gasteiger charge is -2.36. The molecule has 2 aromatic carbocycles. The van der Waals surface area contributed by atoms with Crippen molar-refractivity contribution in [3.05, 3.63) is 81.7 Å². The third-order valence-electron chi connectivity index (χ3n) is 6.54. The number of Topliss-reactive ketones (excluding diaryl/α,β-unsaturated/α-hetero) is 1. The van der Waals surface area contributed by atoms with Crippen molar-refractivity contribution < 1.29 is 37.5 Å². The Kier molecular flexibility index (Phi) is 7.35. The number of nitrogens with zero attached hydrogens (tertiary/aromatic N) is 2. The average molecular weight is 527 g/mol. The zero-order valence-corrected chi connectivity index (χ0v) is 21.5. The van der Waals surface area contributed by atoms with Crippen LogP contribution in [0.5, 0.6) is 5.75 Å². The number of carbonyl (C=O) groups excluding carboxylic acids is 2. The molecule has 3 aromatic rings. The van der Waals surface area contributed by atoms with E-state index in [1.165, 1.54) is 12.0 Å². The lowest BCUT2D eigenvalue weighted by Crippen LogP contribution is -2.44. The summed E-state index contributed by atoms with van der Waals surface area (Å²) in [5, 5.41) is 12.5. The van der Waals surface area contributed by atoms with Crippen LogP contribution in [0.1, 0.15) is 65.3 Å². The Bertz CT molecular complexity index is 1390. The summed E-state index contributed by atoms with van der Waals surface area (Å²) in [6.07, 6.45) is -0.162. The molecule has 1 N–H and O–H groups in total. The highest BCUT2D eigenvalue weighted by Gasteiger charge is 2.36. The normalized spacial score (nSPS) is 15.2. The van der Waals surface area contributed by atoms with Gasteiger partial charge >= 0.3 is 5.97 Å². The maximum atomic E-state index is 14.8. The van der Waals surface area contributed by atoms with Crippen molar-refractivity contribution in [3.63, 3.8) is 0 Å². The van der Waals surface area contributed by atoms with Gasteiger partial charge in [0.05, 0.1) is 13.5 Å². The number of hydrogen-bond donors (Lipinski definition) is 1. The number of carboxylic acid groups (broad SMARTS) is 1. The van der Waals surface area contributed by atoms with E-state index < -0.39 is 40.8 Å². The smallest absolute Gasteiger partial charge is 0.358 e. The summed E-state index contributed by atoms with van der Waals surface area (Å²) in [7, 11) is 1.52. The molecule has 1 aromatic heterocycles. The van der Waals surface area contributed by atoms with Gasteiger partial charge in [0, 0.05) is 24.6 Å². The molecule has 1 aliphatic heterocycles.